The summed E-state index contributed by atoms with van der Waals surface area (Å²) in [7, 11) is 0. The van der Waals surface area contributed by atoms with Gasteiger partial charge in [0.15, 0.2) is 11.5 Å². The molecule has 3 rings (SSSR count). The molecule has 7 heteroatoms. The molecule has 0 atom stereocenters. The zero-order valence-electron chi connectivity index (χ0n) is 12.8. The summed E-state index contributed by atoms with van der Waals surface area (Å²) in [6.45, 7) is 0.427. The monoisotopic (exact) mass is 324 g/mol. The van der Waals surface area contributed by atoms with E-state index in [2.05, 4.69) is 15.5 Å². The molecule has 3 N–H and O–H groups in total. The van der Waals surface area contributed by atoms with Crippen molar-refractivity contribution < 1.29 is 15.0 Å². The molecule has 1 heterocycles. The van der Waals surface area contributed by atoms with E-state index in [4.69, 9.17) is 0 Å². The number of nitrogens with one attached hydrogen (secondary N) is 1. The van der Waals surface area contributed by atoms with Crippen LogP contribution >= 0.6 is 0 Å². The van der Waals surface area contributed by atoms with Gasteiger partial charge in [-0.15, -0.1) is 10.2 Å². The molecule has 0 spiro atoms. The van der Waals surface area contributed by atoms with Crippen molar-refractivity contribution in [3.05, 3.63) is 66.2 Å². The van der Waals surface area contributed by atoms with Gasteiger partial charge in [0.2, 0.25) is 0 Å². The Labute approximate surface area is 138 Å². The summed E-state index contributed by atoms with van der Waals surface area (Å²) in [5.41, 5.74) is 2.25. The fourth-order valence-corrected chi connectivity index (χ4v) is 2.27. The van der Waals surface area contributed by atoms with Crippen LogP contribution in [0.5, 0.6) is 11.5 Å². The smallest absolute Gasteiger partial charge is 0.251 e. The highest BCUT2D eigenvalue weighted by molar-refractivity contribution is 5.94. The van der Waals surface area contributed by atoms with Crippen LogP contribution in [0.1, 0.15) is 15.9 Å². The van der Waals surface area contributed by atoms with Crippen molar-refractivity contribution in [2.75, 3.05) is 6.54 Å². The fourth-order valence-electron chi connectivity index (χ4n) is 2.27. The molecule has 2 aromatic carbocycles. The van der Waals surface area contributed by atoms with Crippen molar-refractivity contribution in [3.63, 3.8) is 0 Å². The van der Waals surface area contributed by atoms with E-state index >= 15 is 0 Å². The minimum atomic E-state index is -0.173. The van der Waals surface area contributed by atoms with E-state index in [1.807, 2.05) is 12.1 Å². The first kappa shape index (κ1) is 15.5. The maximum Gasteiger partial charge on any atom is 0.251 e. The standard InChI is InChI=1S/C17H16N4O3/c22-15-6-1-12(9-16(15)23)7-8-18-17(24)13-2-4-14(5-3-13)21-10-19-20-11-21/h1-6,9-11,22-23H,7-8H2,(H,18,24). The highest BCUT2D eigenvalue weighted by atomic mass is 16.3. The molecule has 24 heavy (non-hydrogen) atoms. The number of rotatable bonds is 5. The minimum Gasteiger partial charge on any atom is -0.504 e. The largest absolute Gasteiger partial charge is 0.504 e. The van der Waals surface area contributed by atoms with Gasteiger partial charge in [-0.2, -0.15) is 0 Å². The fraction of sp³-hybridized carbons (Fsp3) is 0.118. The second-order valence-electron chi connectivity index (χ2n) is 5.24. The Morgan fingerprint density at radius 2 is 1.71 bits per heavy atom. The second kappa shape index (κ2) is 6.82. The van der Waals surface area contributed by atoms with Crippen LogP contribution in [0, 0.1) is 0 Å². The van der Waals surface area contributed by atoms with Crippen LogP contribution in [-0.2, 0) is 6.42 Å². The number of nitrogens with zero attached hydrogens (tertiary/aromatic N) is 3. The first-order valence-corrected chi connectivity index (χ1v) is 7.37. The van der Waals surface area contributed by atoms with E-state index < -0.39 is 0 Å². The van der Waals surface area contributed by atoms with Gasteiger partial charge in [0.25, 0.3) is 5.91 Å². The van der Waals surface area contributed by atoms with Gasteiger partial charge in [-0.25, -0.2) is 0 Å². The van der Waals surface area contributed by atoms with Crippen molar-refractivity contribution in [3.8, 4) is 17.2 Å². The summed E-state index contributed by atoms with van der Waals surface area (Å²) in [5, 5.41) is 29.0. The molecule has 0 radical (unpaired) electrons. The van der Waals surface area contributed by atoms with Crippen molar-refractivity contribution in [2.24, 2.45) is 0 Å². The Balaban J connectivity index is 1.56. The van der Waals surface area contributed by atoms with Gasteiger partial charge in [0, 0.05) is 17.8 Å². The first-order chi connectivity index (χ1) is 11.6. The number of carbonyl (C=O) groups is 1. The summed E-state index contributed by atoms with van der Waals surface area (Å²) in [4.78, 5) is 12.1. The molecule has 1 amide bonds. The average Bonchev–Trinajstić information content (AvgIpc) is 3.13. The van der Waals surface area contributed by atoms with E-state index in [1.54, 1.807) is 35.4 Å². The lowest BCUT2D eigenvalue weighted by Crippen LogP contribution is -2.25. The van der Waals surface area contributed by atoms with Crippen LogP contribution in [0.25, 0.3) is 5.69 Å². The molecule has 0 aliphatic rings. The number of benzene rings is 2. The zero-order valence-corrected chi connectivity index (χ0v) is 12.8. The lowest BCUT2D eigenvalue weighted by Gasteiger charge is -2.07. The zero-order chi connectivity index (χ0) is 16.9. The molecule has 0 fully saturated rings. The van der Waals surface area contributed by atoms with Crippen molar-refractivity contribution in [2.45, 2.75) is 6.42 Å². The molecular weight excluding hydrogens is 308 g/mol. The van der Waals surface area contributed by atoms with E-state index in [9.17, 15) is 15.0 Å². The van der Waals surface area contributed by atoms with Gasteiger partial charge in [-0.1, -0.05) is 6.07 Å². The molecule has 0 aliphatic heterocycles. The number of amides is 1. The topological polar surface area (TPSA) is 100 Å². The van der Waals surface area contributed by atoms with Crippen molar-refractivity contribution in [1.29, 1.82) is 0 Å². The third kappa shape index (κ3) is 3.52. The van der Waals surface area contributed by atoms with Gasteiger partial charge >= 0.3 is 0 Å². The van der Waals surface area contributed by atoms with Crippen molar-refractivity contribution >= 4 is 5.91 Å². The number of phenolic OH excluding ortho intramolecular Hbond substituents is 2. The summed E-state index contributed by atoms with van der Waals surface area (Å²) in [6, 6.07) is 11.7. The van der Waals surface area contributed by atoms with Crippen LogP contribution in [0.15, 0.2) is 55.1 Å². The number of hydrogen-bond donors (Lipinski definition) is 3. The maximum atomic E-state index is 12.1. The Hall–Kier alpha value is -3.35. The first-order valence-electron chi connectivity index (χ1n) is 7.37. The Morgan fingerprint density at radius 1 is 1.00 bits per heavy atom. The number of hydrogen-bond acceptors (Lipinski definition) is 5. The van der Waals surface area contributed by atoms with Crippen LogP contribution in [0.3, 0.4) is 0 Å². The summed E-state index contributed by atoms with van der Waals surface area (Å²) >= 11 is 0. The van der Waals surface area contributed by atoms with Crippen LogP contribution in [0.2, 0.25) is 0 Å². The average molecular weight is 324 g/mol. The van der Waals surface area contributed by atoms with Gasteiger partial charge in [-0.3, -0.25) is 9.36 Å². The number of aromatic hydroxyl groups is 2. The molecular formula is C17H16N4O3. The Bertz CT molecular complexity index is 830. The minimum absolute atomic E-state index is 0.157. The molecule has 1 aromatic heterocycles. The molecule has 0 bridgehead atoms. The molecule has 0 aliphatic carbocycles. The van der Waals surface area contributed by atoms with Gasteiger partial charge < -0.3 is 15.5 Å². The predicted octanol–water partition coefficient (Wildman–Crippen LogP) is 1.65. The van der Waals surface area contributed by atoms with E-state index in [1.165, 1.54) is 12.1 Å². The van der Waals surface area contributed by atoms with Gasteiger partial charge in [-0.05, 0) is 48.4 Å². The maximum absolute atomic E-state index is 12.1. The number of carbonyl (C=O) groups excluding carboxylic acids is 1. The third-order valence-corrected chi connectivity index (χ3v) is 3.59. The number of aromatic nitrogens is 3. The third-order valence-electron chi connectivity index (χ3n) is 3.59. The van der Waals surface area contributed by atoms with E-state index in [0.717, 1.165) is 11.3 Å². The summed E-state index contributed by atoms with van der Waals surface area (Å²) in [6.07, 6.45) is 3.72. The van der Waals surface area contributed by atoms with Crippen molar-refractivity contribution in [1.82, 2.24) is 20.1 Å². The summed E-state index contributed by atoms with van der Waals surface area (Å²) in [5.74, 6) is -0.493. The highest BCUT2D eigenvalue weighted by Crippen LogP contribution is 2.24. The van der Waals surface area contributed by atoms with Crippen LogP contribution in [0.4, 0.5) is 0 Å². The predicted molar refractivity (Wildman–Crippen MR) is 87.2 cm³/mol. The Morgan fingerprint density at radius 3 is 2.38 bits per heavy atom. The number of phenols is 2. The highest BCUT2D eigenvalue weighted by Gasteiger charge is 2.06. The lowest BCUT2D eigenvalue weighted by molar-refractivity contribution is 0.0954. The van der Waals surface area contributed by atoms with Gasteiger partial charge in [0.1, 0.15) is 12.7 Å². The molecule has 0 unspecified atom stereocenters. The SMILES string of the molecule is O=C(NCCc1ccc(O)c(O)c1)c1ccc(-n2cnnc2)cc1. The van der Waals surface area contributed by atoms with Crippen LogP contribution < -0.4 is 5.32 Å². The second-order valence-corrected chi connectivity index (χ2v) is 5.24. The van der Waals surface area contributed by atoms with Crippen LogP contribution in [-0.4, -0.2) is 37.4 Å². The summed E-state index contributed by atoms with van der Waals surface area (Å²) < 4.78 is 1.75. The molecule has 7 nitrogen and oxygen atoms in total. The normalized spacial score (nSPS) is 10.5. The van der Waals surface area contributed by atoms with E-state index in [-0.39, 0.29) is 17.4 Å². The lowest BCUT2D eigenvalue weighted by atomic mass is 10.1. The quantitative estimate of drug-likeness (QED) is 0.620. The Kier molecular flexibility index (Phi) is 4.42. The molecule has 0 saturated heterocycles. The molecule has 122 valence electrons. The van der Waals surface area contributed by atoms with E-state index in [0.29, 0.717) is 18.5 Å². The molecule has 3 aromatic rings. The van der Waals surface area contributed by atoms with Gasteiger partial charge in [0.05, 0.1) is 0 Å². The molecule has 0 saturated carbocycles.